The number of piperidine rings is 2. The van der Waals surface area contributed by atoms with Gasteiger partial charge >= 0.3 is 5.97 Å². The number of carbonyl (C=O) groups is 2. The summed E-state index contributed by atoms with van der Waals surface area (Å²) in [6.07, 6.45) is 6.74. The molecule has 1 aliphatic carbocycles. The molecule has 118 valence electrons. The van der Waals surface area contributed by atoms with Crippen LogP contribution < -0.4 is 5.32 Å². The lowest BCUT2D eigenvalue weighted by molar-refractivity contribution is -0.145. The summed E-state index contributed by atoms with van der Waals surface area (Å²) in [6.45, 7) is 2.88. The molecule has 3 aliphatic rings. The number of hydrogen-bond donors (Lipinski definition) is 1. The molecule has 5 nitrogen and oxygen atoms in total. The van der Waals surface area contributed by atoms with Gasteiger partial charge in [-0.25, -0.2) is 0 Å². The minimum Gasteiger partial charge on any atom is -0.469 e. The second kappa shape index (κ2) is 5.95. The molecule has 1 N–H and O–H groups in total. The van der Waals surface area contributed by atoms with Crippen LogP contribution in [-0.2, 0) is 14.3 Å². The molecule has 2 atom stereocenters. The van der Waals surface area contributed by atoms with E-state index in [9.17, 15) is 9.59 Å². The highest BCUT2D eigenvalue weighted by Crippen LogP contribution is 2.59. The van der Waals surface area contributed by atoms with E-state index in [1.807, 2.05) is 4.90 Å². The molecule has 2 heterocycles. The Balaban J connectivity index is 1.63. The fourth-order valence-electron chi connectivity index (χ4n) is 4.15. The first kappa shape index (κ1) is 14.8. The zero-order chi connectivity index (χ0) is 14.9. The highest BCUT2D eigenvalue weighted by atomic mass is 16.5. The van der Waals surface area contributed by atoms with Crippen LogP contribution in [0.4, 0.5) is 0 Å². The van der Waals surface area contributed by atoms with Gasteiger partial charge in [0, 0.05) is 18.5 Å². The molecule has 0 aromatic rings. The minimum absolute atomic E-state index is 0.0538. The molecule has 0 bridgehead atoms. The Kier molecular flexibility index (Phi) is 4.20. The number of esters is 1. The van der Waals surface area contributed by atoms with Crippen LogP contribution in [0.2, 0.25) is 0 Å². The van der Waals surface area contributed by atoms with E-state index in [2.05, 4.69) is 5.32 Å². The van der Waals surface area contributed by atoms with Crippen LogP contribution in [0.5, 0.6) is 0 Å². The zero-order valence-corrected chi connectivity index (χ0v) is 12.9. The van der Waals surface area contributed by atoms with Crippen LogP contribution >= 0.6 is 0 Å². The zero-order valence-electron chi connectivity index (χ0n) is 12.9. The van der Waals surface area contributed by atoms with Crippen molar-refractivity contribution in [3.8, 4) is 0 Å². The Hall–Kier alpha value is -1.10. The van der Waals surface area contributed by atoms with E-state index in [0.717, 1.165) is 58.2 Å². The topological polar surface area (TPSA) is 58.6 Å². The molecule has 2 unspecified atom stereocenters. The number of amides is 1. The Morgan fingerprint density at radius 2 is 2.05 bits per heavy atom. The van der Waals surface area contributed by atoms with Gasteiger partial charge in [-0.05, 0) is 57.0 Å². The molecule has 2 aliphatic heterocycles. The predicted molar refractivity (Wildman–Crippen MR) is 78.6 cm³/mol. The van der Waals surface area contributed by atoms with E-state index < -0.39 is 0 Å². The third kappa shape index (κ3) is 2.93. The van der Waals surface area contributed by atoms with Gasteiger partial charge in [-0.2, -0.15) is 0 Å². The summed E-state index contributed by atoms with van der Waals surface area (Å²) < 4.78 is 4.78. The van der Waals surface area contributed by atoms with E-state index in [0.29, 0.717) is 12.3 Å². The summed E-state index contributed by atoms with van der Waals surface area (Å²) >= 11 is 0. The minimum atomic E-state index is -0.202. The van der Waals surface area contributed by atoms with Crippen LogP contribution in [-0.4, -0.2) is 49.6 Å². The molecule has 0 aromatic heterocycles. The highest BCUT2D eigenvalue weighted by Gasteiger charge is 2.59. The van der Waals surface area contributed by atoms with Gasteiger partial charge in [-0.3, -0.25) is 9.59 Å². The van der Waals surface area contributed by atoms with Crippen molar-refractivity contribution in [1.82, 2.24) is 10.2 Å². The summed E-state index contributed by atoms with van der Waals surface area (Å²) in [5, 5.41) is 3.38. The molecule has 1 amide bonds. The molecular weight excluding hydrogens is 268 g/mol. The quantitative estimate of drug-likeness (QED) is 0.798. The molecule has 3 fully saturated rings. The molecule has 1 saturated carbocycles. The molecule has 2 saturated heterocycles. The Morgan fingerprint density at radius 3 is 2.76 bits per heavy atom. The van der Waals surface area contributed by atoms with Crippen LogP contribution in [0.1, 0.15) is 44.9 Å². The van der Waals surface area contributed by atoms with Crippen molar-refractivity contribution in [2.75, 3.05) is 26.7 Å². The second-order valence-electron chi connectivity index (χ2n) is 6.83. The fourth-order valence-corrected chi connectivity index (χ4v) is 4.15. The van der Waals surface area contributed by atoms with Gasteiger partial charge in [0.25, 0.3) is 0 Å². The van der Waals surface area contributed by atoms with Gasteiger partial charge in [0.1, 0.15) is 0 Å². The summed E-state index contributed by atoms with van der Waals surface area (Å²) in [6, 6.07) is 0.0538. The lowest BCUT2D eigenvalue weighted by Crippen LogP contribution is -2.46. The van der Waals surface area contributed by atoms with E-state index in [1.165, 1.54) is 7.11 Å². The number of rotatable bonds is 3. The smallest absolute Gasteiger partial charge is 0.307 e. The van der Waals surface area contributed by atoms with E-state index in [-0.39, 0.29) is 23.3 Å². The van der Waals surface area contributed by atoms with Gasteiger partial charge in [-0.15, -0.1) is 0 Å². The Bertz CT molecular complexity index is 418. The summed E-state index contributed by atoms with van der Waals surface area (Å²) in [5.74, 6) is 0.301. The lowest BCUT2D eigenvalue weighted by atomic mass is 9.90. The third-order valence-electron chi connectivity index (χ3n) is 5.63. The summed E-state index contributed by atoms with van der Waals surface area (Å²) in [5.41, 5.74) is 0.273. The summed E-state index contributed by atoms with van der Waals surface area (Å²) in [7, 11) is 1.42. The van der Waals surface area contributed by atoms with Crippen LogP contribution in [0.3, 0.4) is 0 Å². The van der Waals surface area contributed by atoms with Crippen molar-refractivity contribution in [3.05, 3.63) is 0 Å². The monoisotopic (exact) mass is 294 g/mol. The number of carbonyl (C=O) groups excluding carboxylic acids is 2. The second-order valence-corrected chi connectivity index (χ2v) is 6.83. The van der Waals surface area contributed by atoms with E-state index in [1.54, 1.807) is 0 Å². The SMILES string of the molecule is COC(=O)CC1CCCCN1C(=O)C1CC12CCNCC2. The van der Waals surface area contributed by atoms with Crippen LogP contribution in [0.25, 0.3) is 0 Å². The number of nitrogens with zero attached hydrogens (tertiary/aromatic N) is 1. The number of nitrogens with one attached hydrogen (secondary N) is 1. The van der Waals surface area contributed by atoms with Crippen molar-refractivity contribution < 1.29 is 14.3 Å². The average molecular weight is 294 g/mol. The largest absolute Gasteiger partial charge is 0.469 e. The maximum absolute atomic E-state index is 12.9. The first-order valence-electron chi connectivity index (χ1n) is 8.24. The summed E-state index contributed by atoms with van der Waals surface area (Å²) in [4.78, 5) is 26.4. The van der Waals surface area contributed by atoms with Crippen molar-refractivity contribution in [3.63, 3.8) is 0 Å². The van der Waals surface area contributed by atoms with Gasteiger partial charge in [0.05, 0.1) is 13.5 Å². The average Bonchev–Trinajstić information content (AvgIpc) is 3.21. The fraction of sp³-hybridized carbons (Fsp3) is 0.875. The van der Waals surface area contributed by atoms with Crippen molar-refractivity contribution >= 4 is 11.9 Å². The van der Waals surface area contributed by atoms with Crippen molar-refractivity contribution in [2.24, 2.45) is 11.3 Å². The maximum Gasteiger partial charge on any atom is 0.307 e. The Morgan fingerprint density at radius 1 is 1.29 bits per heavy atom. The predicted octanol–water partition coefficient (Wildman–Crippen LogP) is 1.32. The number of likely N-dealkylation sites (tertiary alicyclic amines) is 1. The maximum atomic E-state index is 12.9. The number of hydrogen-bond acceptors (Lipinski definition) is 4. The standard InChI is InChI=1S/C16H26N2O3/c1-21-14(19)10-12-4-2-3-9-18(12)15(20)13-11-16(13)5-7-17-8-6-16/h12-13,17H,2-11H2,1H3. The van der Waals surface area contributed by atoms with E-state index >= 15 is 0 Å². The van der Waals surface area contributed by atoms with Crippen molar-refractivity contribution in [1.29, 1.82) is 0 Å². The number of ether oxygens (including phenoxy) is 1. The Labute approximate surface area is 126 Å². The molecule has 0 aromatic carbocycles. The van der Waals surface area contributed by atoms with Crippen LogP contribution in [0.15, 0.2) is 0 Å². The molecular formula is C16H26N2O3. The molecule has 1 spiro atoms. The van der Waals surface area contributed by atoms with Gasteiger partial charge in [0.15, 0.2) is 0 Å². The normalized spacial score (nSPS) is 31.0. The first-order chi connectivity index (χ1) is 10.2. The third-order valence-corrected chi connectivity index (χ3v) is 5.63. The first-order valence-corrected chi connectivity index (χ1v) is 8.24. The highest BCUT2D eigenvalue weighted by molar-refractivity contribution is 5.84. The van der Waals surface area contributed by atoms with Gasteiger partial charge in [-0.1, -0.05) is 0 Å². The molecule has 0 radical (unpaired) electrons. The van der Waals surface area contributed by atoms with Crippen molar-refractivity contribution in [2.45, 2.75) is 51.0 Å². The van der Waals surface area contributed by atoms with Crippen LogP contribution in [0, 0.1) is 11.3 Å². The van der Waals surface area contributed by atoms with E-state index in [4.69, 9.17) is 4.74 Å². The lowest BCUT2D eigenvalue weighted by Gasteiger charge is -2.36. The molecule has 21 heavy (non-hydrogen) atoms. The van der Waals surface area contributed by atoms with Gasteiger partial charge in [0.2, 0.25) is 5.91 Å². The molecule has 5 heteroatoms. The molecule has 3 rings (SSSR count). The van der Waals surface area contributed by atoms with Gasteiger partial charge < -0.3 is 15.0 Å². The number of methoxy groups -OCH3 is 1.